The zero-order valence-electron chi connectivity index (χ0n) is 15.1. The molecule has 0 saturated carbocycles. The molecule has 0 saturated heterocycles. The number of nitrogens with one attached hydrogen (secondary N) is 1. The highest BCUT2D eigenvalue weighted by atomic mass is 16.2. The average molecular weight is 347 g/mol. The van der Waals surface area contributed by atoms with E-state index in [2.05, 4.69) is 10.3 Å². The zero-order valence-corrected chi connectivity index (χ0v) is 15.1. The van der Waals surface area contributed by atoms with Gasteiger partial charge in [-0.25, -0.2) is 4.98 Å². The van der Waals surface area contributed by atoms with Gasteiger partial charge in [0.15, 0.2) is 0 Å². The van der Waals surface area contributed by atoms with Crippen molar-refractivity contribution in [1.82, 2.24) is 9.55 Å². The summed E-state index contributed by atoms with van der Waals surface area (Å²) in [7, 11) is 0. The third-order valence-corrected chi connectivity index (χ3v) is 4.08. The minimum Gasteiger partial charge on any atom is -0.325 e. The van der Waals surface area contributed by atoms with Crippen LogP contribution in [-0.2, 0) is 11.3 Å². The number of carbonyl (C=O) groups excluding carboxylic acids is 1. The van der Waals surface area contributed by atoms with E-state index in [1.54, 1.807) is 6.92 Å². The second kappa shape index (κ2) is 7.35. The molecule has 0 aliphatic heterocycles. The van der Waals surface area contributed by atoms with Crippen molar-refractivity contribution in [3.63, 3.8) is 0 Å². The molecule has 0 bridgehead atoms. The SMILES string of the molecule is Cc1cc(C)cc(NC(=O)Cn2c(C)nc(-c3ccccc3)cc2=O)c1. The summed E-state index contributed by atoms with van der Waals surface area (Å²) in [6, 6.07) is 16.8. The fourth-order valence-electron chi connectivity index (χ4n) is 2.96. The predicted molar refractivity (Wildman–Crippen MR) is 103 cm³/mol. The second-order valence-corrected chi connectivity index (χ2v) is 6.40. The topological polar surface area (TPSA) is 64.0 Å². The van der Waals surface area contributed by atoms with Gasteiger partial charge in [-0.2, -0.15) is 0 Å². The van der Waals surface area contributed by atoms with Crippen molar-refractivity contribution in [1.29, 1.82) is 0 Å². The van der Waals surface area contributed by atoms with Crippen molar-refractivity contribution in [3.05, 3.63) is 81.9 Å². The van der Waals surface area contributed by atoms with Gasteiger partial charge in [-0.15, -0.1) is 0 Å². The Labute approximate surface area is 152 Å². The molecule has 3 rings (SSSR count). The highest BCUT2D eigenvalue weighted by Crippen LogP contribution is 2.15. The van der Waals surface area contributed by atoms with Gasteiger partial charge in [-0.3, -0.25) is 14.2 Å². The molecule has 5 nitrogen and oxygen atoms in total. The maximum absolute atomic E-state index is 12.5. The zero-order chi connectivity index (χ0) is 18.7. The summed E-state index contributed by atoms with van der Waals surface area (Å²) in [5.74, 6) is 0.251. The van der Waals surface area contributed by atoms with Crippen LogP contribution in [0.25, 0.3) is 11.3 Å². The minimum absolute atomic E-state index is 0.0697. The average Bonchev–Trinajstić information content (AvgIpc) is 2.58. The monoisotopic (exact) mass is 347 g/mol. The highest BCUT2D eigenvalue weighted by molar-refractivity contribution is 5.90. The van der Waals surface area contributed by atoms with Crippen LogP contribution in [0.1, 0.15) is 17.0 Å². The quantitative estimate of drug-likeness (QED) is 0.786. The maximum atomic E-state index is 12.5. The Bertz CT molecular complexity index is 987. The fraction of sp³-hybridized carbons (Fsp3) is 0.190. The van der Waals surface area contributed by atoms with Crippen LogP contribution >= 0.6 is 0 Å². The van der Waals surface area contributed by atoms with Gasteiger partial charge in [0.1, 0.15) is 12.4 Å². The number of aryl methyl sites for hydroxylation is 3. The Kier molecular flexibility index (Phi) is 4.98. The fourth-order valence-corrected chi connectivity index (χ4v) is 2.96. The van der Waals surface area contributed by atoms with E-state index in [0.717, 1.165) is 22.4 Å². The van der Waals surface area contributed by atoms with Crippen LogP contribution in [0, 0.1) is 20.8 Å². The van der Waals surface area contributed by atoms with E-state index in [-0.39, 0.29) is 18.0 Å². The van der Waals surface area contributed by atoms with Crippen molar-refractivity contribution in [2.45, 2.75) is 27.3 Å². The third kappa shape index (κ3) is 4.06. The number of rotatable bonds is 4. The molecule has 1 aromatic heterocycles. The number of amides is 1. The molecular formula is C21H21N3O2. The highest BCUT2D eigenvalue weighted by Gasteiger charge is 2.11. The van der Waals surface area contributed by atoms with E-state index < -0.39 is 0 Å². The lowest BCUT2D eigenvalue weighted by atomic mass is 10.1. The molecule has 3 aromatic rings. The lowest BCUT2D eigenvalue weighted by Crippen LogP contribution is -2.29. The van der Waals surface area contributed by atoms with E-state index in [1.165, 1.54) is 10.6 Å². The van der Waals surface area contributed by atoms with Gasteiger partial charge in [-0.05, 0) is 44.0 Å². The summed E-state index contributed by atoms with van der Waals surface area (Å²) in [6.45, 7) is 5.62. The van der Waals surface area contributed by atoms with E-state index in [9.17, 15) is 9.59 Å². The van der Waals surface area contributed by atoms with Crippen LogP contribution < -0.4 is 10.9 Å². The van der Waals surface area contributed by atoms with Crippen LogP contribution in [0.5, 0.6) is 0 Å². The number of anilines is 1. The van der Waals surface area contributed by atoms with Gasteiger partial charge < -0.3 is 5.32 Å². The van der Waals surface area contributed by atoms with Crippen LogP contribution in [0.15, 0.2) is 59.4 Å². The molecule has 0 aliphatic carbocycles. The van der Waals surface area contributed by atoms with Gasteiger partial charge >= 0.3 is 0 Å². The number of aromatic nitrogens is 2. The van der Waals surface area contributed by atoms with E-state index in [0.29, 0.717) is 11.5 Å². The molecule has 0 atom stereocenters. The van der Waals surface area contributed by atoms with Crippen molar-refractivity contribution >= 4 is 11.6 Å². The Morgan fingerprint density at radius 3 is 2.27 bits per heavy atom. The van der Waals surface area contributed by atoms with Gasteiger partial charge in [0.2, 0.25) is 5.91 Å². The van der Waals surface area contributed by atoms with Crippen LogP contribution in [0.3, 0.4) is 0 Å². The summed E-state index contributed by atoms with van der Waals surface area (Å²) in [6.07, 6.45) is 0. The smallest absolute Gasteiger partial charge is 0.254 e. The Hall–Kier alpha value is -3.21. The van der Waals surface area contributed by atoms with Gasteiger partial charge in [0, 0.05) is 17.3 Å². The van der Waals surface area contributed by atoms with Crippen LogP contribution in [0.2, 0.25) is 0 Å². The van der Waals surface area contributed by atoms with E-state index in [4.69, 9.17) is 0 Å². The Balaban J connectivity index is 1.81. The van der Waals surface area contributed by atoms with E-state index >= 15 is 0 Å². The standard InChI is InChI=1S/C21H21N3O2/c1-14-9-15(2)11-18(10-14)23-20(25)13-24-16(3)22-19(12-21(24)26)17-7-5-4-6-8-17/h4-12H,13H2,1-3H3,(H,23,25). The molecule has 0 radical (unpaired) electrons. The Morgan fingerprint density at radius 1 is 1.00 bits per heavy atom. The first kappa shape index (κ1) is 17.6. The van der Waals surface area contributed by atoms with Crippen LogP contribution in [-0.4, -0.2) is 15.5 Å². The van der Waals surface area contributed by atoms with Crippen molar-refractivity contribution in [3.8, 4) is 11.3 Å². The largest absolute Gasteiger partial charge is 0.325 e. The first-order chi connectivity index (χ1) is 12.4. The molecule has 0 spiro atoms. The van der Waals surface area contributed by atoms with Gasteiger partial charge in [-0.1, -0.05) is 36.4 Å². The van der Waals surface area contributed by atoms with E-state index in [1.807, 2.05) is 62.4 Å². The third-order valence-electron chi connectivity index (χ3n) is 4.08. The van der Waals surface area contributed by atoms with Gasteiger partial charge in [0.25, 0.3) is 5.56 Å². The Morgan fingerprint density at radius 2 is 1.65 bits per heavy atom. The van der Waals surface area contributed by atoms with Crippen molar-refractivity contribution in [2.24, 2.45) is 0 Å². The summed E-state index contributed by atoms with van der Waals surface area (Å²) >= 11 is 0. The number of carbonyl (C=O) groups is 1. The molecule has 5 heteroatoms. The number of hydrogen-bond acceptors (Lipinski definition) is 3. The second-order valence-electron chi connectivity index (χ2n) is 6.40. The van der Waals surface area contributed by atoms with Crippen molar-refractivity contribution in [2.75, 3.05) is 5.32 Å². The molecule has 0 fully saturated rings. The lowest BCUT2D eigenvalue weighted by Gasteiger charge is -2.12. The molecule has 0 unspecified atom stereocenters. The number of nitrogens with zero attached hydrogens (tertiary/aromatic N) is 2. The maximum Gasteiger partial charge on any atom is 0.254 e. The number of hydrogen-bond donors (Lipinski definition) is 1. The summed E-state index contributed by atoms with van der Waals surface area (Å²) in [4.78, 5) is 29.3. The van der Waals surface area contributed by atoms with Crippen LogP contribution in [0.4, 0.5) is 5.69 Å². The summed E-state index contributed by atoms with van der Waals surface area (Å²) < 4.78 is 1.38. The van der Waals surface area contributed by atoms with Gasteiger partial charge in [0.05, 0.1) is 5.69 Å². The molecule has 26 heavy (non-hydrogen) atoms. The number of benzene rings is 2. The first-order valence-corrected chi connectivity index (χ1v) is 8.44. The molecule has 0 aliphatic rings. The first-order valence-electron chi connectivity index (χ1n) is 8.44. The molecule has 1 heterocycles. The summed E-state index contributed by atoms with van der Waals surface area (Å²) in [5.41, 5.74) is 4.11. The lowest BCUT2D eigenvalue weighted by molar-refractivity contribution is -0.116. The normalized spacial score (nSPS) is 10.6. The predicted octanol–water partition coefficient (Wildman–Crippen LogP) is 3.47. The molecule has 132 valence electrons. The molecule has 1 amide bonds. The van der Waals surface area contributed by atoms with Crippen molar-refractivity contribution < 1.29 is 4.79 Å². The molecule has 1 N–H and O–H groups in total. The molecule has 2 aromatic carbocycles. The molecular weight excluding hydrogens is 326 g/mol. The minimum atomic E-state index is -0.255. The summed E-state index contributed by atoms with van der Waals surface area (Å²) in [5, 5.41) is 2.85.